The van der Waals surface area contributed by atoms with Crippen molar-refractivity contribution in [3.63, 3.8) is 0 Å². The molecular weight excluding hydrogens is 336 g/mol. The lowest BCUT2D eigenvalue weighted by molar-refractivity contribution is -0.142. The Labute approximate surface area is 130 Å². The quantitative estimate of drug-likeness (QED) is 0.708. The first-order chi connectivity index (χ1) is 10.7. The Bertz CT molecular complexity index is 910. The van der Waals surface area contributed by atoms with Gasteiger partial charge in [0.1, 0.15) is 10.7 Å². The van der Waals surface area contributed by atoms with Crippen LogP contribution in [0.15, 0.2) is 24.3 Å². The lowest BCUT2D eigenvalue weighted by Gasteiger charge is -2.08. The molecule has 0 saturated heterocycles. The first-order valence-corrected chi connectivity index (χ1v) is 7.10. The van der Waals surface area contributed by atoms with Crippen LogP contribution in [0.3, 0.4) is 0 Å². The molecule has 23 heavy (non-hydrogen) atoms. The van der Waals surface area contributed by atoms with Gasteiger partial charge in [0.2, 0.25) is 0 Å². The maximum Gasteiger partial charge on any atom is 0.433 e. The van der Waals surface area contributed by atoms with Crippen molar-refractivity contribution in [3.8, 4) is 11.3 Å². The summed E-state index contributed by atoms with van der Waals surface area (Å²) in [6.07, 6.45) is -4.84. The number of rotatable bonds is 2. The summed E-state index contributed by atoms with van der Waals surface area (Å²) in [5, 5.41) is 8.98. The highest BCUT2D eigenvalue weighted by atomic mass is 32.1. The van der Waals surface area contributed by atoms with Gasteiger partial charge in [-0.2, -0.15) is 13.2 Å². The van der Waals surface area contributed by atoms with Crippen LogP contribution >= 0.6 is 11.3 Å². The van der Waals surface area contributed by atoms with Gasteiger partial charge in [-0.1, -0.05) is 11.3 Å². The van der Waals surface area contributed by atoms with Gasteiger partial charge in [0.05, 0.1) is 5.69 Å². The molecule has 2 aromatic heterocycles. The molecule has 0 amide bonds. The van der Waals surface area contributed by atoms with Crippen LogP contribution in [-0.4, -0.2) is 20.5 Å². The zero-order chi connectivity index (χ0) is 16.9. The summed E-state index contributed by atoms with van der Waals surface area (Å²) in [4.78, 5) is 14.3. The molecule has 0 atom stereocenters. The number of fused-ring (bicyclic) bond motifs is 1. The molecule has 120 valence electrons. The van der Waals surface area contributed by atoms with Gasteiger partial charge in [0.15, 0.2) is 10.7 Å². The van der Waals surface area contributed by atoms with Gasteiger partial charge in [-0.25, -0.2) is 14.2 Å². The Morgan fingerprint density at radius 1 is 1.26 bits per heavy atom. The summed E-state index contributed by atoms with van der Waals surface area (Å²) in [6.45, 7) is 1.41. The molecule has 0 spiro atoms. The van der Waals surface area contributed by atoms with Crippen LogP contribution < -0.4 is 0 Å². The largest absolute Gasteiger partial charge is 0.477 e. The second-order valence-electron chi connectivity index (χ2n) is 4.75. The number of carboxylic acid groups (broad SMARTS) is 1. The molecule has 0 radical (unpaired) electrons. The average molecular weight is 344 g/mol. The molecular formula is C14H8F4N2O2S. The van der Waals surface area contributed by atoms with E-state index in [2.05, 4.69) is 4.98 Å². The van der Waals surface area contributed by atoms with Crippen molar-refractivity contribution >= 4 is 22.3 Å². The summed E-state index contributed by atoms with van der Waals surface area (Å²) in [6, 6.07) is 5.16. The predicted octanol–water partition coefficient (Wildman–Crippen LogP) is 4.23. The highest BCUT2D eigenvalue weighted by Crippen LogP contribution is 2.39. The fourth-order valence-electron chi connectivity index (χ4n) is 2.33. The number of benzene rings is 1. The van der Waals surface area contributed by atoms with E-state index >= 15 is 0 Å². The molecule has 0 aliphatic carbocycles. The van der Waals surface area contributed by atoms with E-state index < -0.39 is 28.5 Å². The van der Waals surface area contributed by atoms with Crippen molar-refractivity contribution in [2.45, 2.75) is 13.1 Å². The van der Waals surface area contributed by atoms with Gasteiger partial charge in [-0.05, 0) is 31.2 Å². The number of aromatic nitrogens is 2. The number of thiazole rings is 1. The van der Waals surface area contributed by atoms with Crippen molar-refractivity contribution in [1.82, 2.24) is 9.38 Å². The first-order valence-electron chi connectivity index (χ1n) is 6.28. The number of aryl methyl sites for hydroxylation is 1. The smallest absolute Gasteiger partial charge is 0.433 e. The molecule has 3 rings (SSSR count). The van der Waals surface area contributed by atoms with Crippen LogP contribution in [0, 0.1) is 12.7 Å². The standard InChI is InChI=1S/C14H8F4N2O2S/c1-6-9(7-2-4-8(15)5-3-7)19-13-20(6)11(14(16,17)18)10(23-13)12(21)22/h2-5H,1H3,(H,21,22). The Kier molecular flexibility index (Phi) is 3.40. The topological polar surface area (TPSA) is 54.6 Å². The van der Waals surface area contributed by atoms with E-state index in [0.717, 1.165) is 4.40 Å². The number of carbonyl (C=O) groups is 1. The molecule has 0 saturated carbocycles. The fraction of sp³-hybridized carbons (Fsp3) is 0.143. The van der Waals surface area contributed by atoms with Crippen LogP contribution in [0.25, 0.3) is 16.2 Å². The van der Waals surface area contributed by atoms with E-state index in [9.17, 15) is 22.4 Å². The second-order valence-corrected chi connectivity index (χ2v) is 5.73. The summed E-state index contributed by atoms with van der Waals surface area (Å²) in [7, 11) is 0. The van der Waals surface area contributed by atoms with Crippen molar-refractivity contribution < 1.29 is 27.5 Å². The van der Waals surface area contributed by atoms with Crippen LogP contribution in [0.1, 0.15) is 21.1 Å². The molecule has 2 heterocycles. The Morgan fingerprint density at radius 3 is 2.39 bits per heavy atom. The maximum atomic E-state index is 13.3. The van der Waals surface area contributed by atoms with Crippen LogP contribution in [0.2, 0.25) is 0 Å². The zero-order valence-electron chi connectivity index (χ0n) is 11.5. The third kappa shape index (κ3) is 2.46. The van der Waals surface area contributed by atoms with Gasteiger partial charge in [0, 0.05) is 11.3 Å². The van der Waals surface area contributed by atoms with E-state index in [4.69, 9.17) is 5.11 Å². The molecule has 9 heteroatoms. The monoisotopic (exact) mass is 344 g/mol. The molecule has 1 N–H and O–H groups in total. The number of imidazole rings is 1. The lowest BCUT2D eigenvalue weighted by atomic mass is 10.1. The Morgan fingerprint density at radius 2 is 1.87 bits per heavy atom. The highest BCUT2D eigenvalue weighted by Gasteiger charge is 2.41. The summed E-state index contributed by atoms with van der Waals surface area (Å²) in [5.74, 6) is -2.13. The molecule has 1 aromatic carbocycles. The summed E-state index contributed by atoms with van der Waals surface area (Å²) in [5.41, 5.74) is -0.422. The number of carboxylic acids is 1. The van der Waals surface area contributed by atoms with E-state index in [0.29, 0.717) is 16.9 Å². The van der Waals surface area contributed by atoms with E-state index in [1.54, 1.807) is 0 Å². The Hall–Kier alpha value is -2.42. The second kappa shape index (κ2) is 5.05. The van der Waals surface area contributed by atoms with E-state index in [1.165, 1.54) is 31.2 Å². The van der Waals surface area contributed by atoms with Crippen molar-refractivity contribution in [2.75, 3.05) is 0 Å². The minimum atomic E-state index is -4.84. The van der Waals surface area contributed by atoms with Crippen molar-refractivity contribution in [1.29, 1.82) is 0 Å². The summed E-state index contributed by atoms with van der Waals surface area (Å²) < 4.78 is 53.5. The predicted molar refractivity (Wildman–Crippen MR) is 75.2 cm³/mol. The maximum absolute atomic E-state index is 13.3. The lowest BCUT2D eigenvalue weighted by Crippen LogP contribution is -2.14. The van der Waals surface area contributed by atoms with Gasteiger partial charge < -0.3 is 5.11 Å². The highest BCUT2D eigenvalue weighted by molar-refractivity contribution is 7.19. The number of hydrogen-bond acceptors (Lipinski definition) is 3. The van der Waals surface area contributed by atoms with Gasteiger partial charge in [0.25, 0.3) is 0 Å². The normalized spacial score (nSPS) is 12.0. The molecule has 3 aromatic rings. The number of nitrogens with zero attached hydrogens (tertiary/aromatic N) is 2. The minimum Gasteiger partial charge on any atom is -0.477 e. The van der Waals surface area contributed by atoms with Gasteiger partial charge in [-0.15, -0.1) is 0 Å². The van der Waals surface area contributed by atoms with Crippen molar-refractivity contribution in [2.24, 2.45) is 0 Å². The van der Waals surface area contributed by atoms with Crippen LogP contribution in [0.5, 0.6) is 0 Å². The summed E-state index contributed by atoms with van der Waals surface area (Å²) >= 11 is 0.450. The molecule has 4 nitrogen and oxygen atoms in total. The molecule has 0 aliphatic heterocycles. The fourth-order valence-corrected chi connectivity index (χ4v) is 3.36. The van der Waals surface area contributed by atoms with E-state index in [-0.39, 0.29) is 16.3 Å². The molecule has 0 bridgehead atoms. The number of alkyl halides is 3. The number of hydrogen-bond donors (Lipinski definition) is 1. The third-order valence-electron chi connectivity index (χ3n) is 3.29. The van der Waals surface area contributed by atoms with Gasteiger partial charge in [-0.3, -0.25) is 4.40 Å². The molecule has 0 aliphatic rings. The zero-order valence-corrected chi connectivity index (χ0v) is 12.3. The molecule has 0 unspecified atom stereocenters. The SMILES string of the molecule is Cc1c(-c2ccc(F)cc2)nc2sc(C(=O)O)c(C(F)(F)F)n12. The third-order valence-corrected chi connectivity index (χ3v) is 4.32. The van der Waals surface area contributed by atoms with Gasteiger partial charge >= 0.3 is 12.1 Å². The minimum absolute atomic E-state index is 0.0773. The van der Waals surface area contributed by atoms with E-state index in [1.807, 2.05) is 0 Å². The molecule has 0 fully saturated rings. The van der Waals surface area contributed by atoms with Crippen LogP contribution in [-0.2, 0) is 6.18 Å². The number of aromatic carboxylic acids is 1. The van der Waals surface area contributed by atoms with Crippen molar-refractivity contribution in [3.05, 3.63) is 46.3 Å². The Balaban J connectivity index is 2.30. The van der Waals surface area contributed by atoms with Crippen LogP contribution in [0.4, 0.5) is 17.6 Å². The number of halogens is 4. The first kappa shape index (κ1) is 15.5. The average Bonchev–Trinajstić information content (AvgIpc) is 2.97.